The summed E-state index contributed by atoms with van der Waals surface area (Å²) in [6.07, 6.45) is 1.29. The zero-order valence-electron chi connectivity index (χ0n) is 19.2. The Labute approximate surface area is 199 Å². The van der Waals surface area contributed by atoms with E-state index in [-0.39, 0.29) is 11.3 Å². The summed E-state index contributed by atoms with van der Waals surface area (Å²) in [6, 6.07) is 19.8. The predicted octanol–water partition coefficient (Wildman–Crippen LogP) is 3.57. The fraction of sp³-hybridized carbons (Fsp3) is 0.200. The number of hydrazone groups is 1. The van der Waals surface area contributed by atoms with Crippen molar-refractivity contribution >= 4 is 22.1 Å². The van der Waals surface area contributed by atoms with Crippen LogP contribution in [0, 0.1) is 6.92 Å². The minimum absolute atomic E-state index is 0.127. The molecule has 2 N–H and O–H groups in total. The first kappa shape index (κ1) is 24.9. The highest BCUT2D eigenvalue weighted by Gasteiger charge is 2.23. The lowest BCUT2D eigenvalue weighted by molar-refractivity contribution is -0.121. The van der Waals surface area contributed by atoms with Gasteiger partial charge in [0.15, 0.2) is 0 Å². The Morgan fingerprint density at radius 3 is 2.35 bits per heavy atom. The molecule has 3 aromatic rings. The molecule has 0 fully saturated rings. The van der Waals surface area contributed by atoms with E-state index in [1.807, 2.05) is 13.0 Å². The van der Waals surface area contributed by atoms with Crippen molar-refractivity contribution < 1.29 is 22.7 Å². The van der Waals surface area contributed by atoms with Gasteiger partial charge in [0, 0.05) is 12.0 Å². The molecular weight excluding hydrogens is 454 g/mol. The van der Waals surface area contributed by atoms with Crippen LogP contribution in [0.3, 0.4) is 0 Å². The molecule has 0 aliphatic heterocycles. The minimum atomic E-state index is -3.85. The summed E-state index contributed by atoms with van der Waals surface area (Å²) < 4.78 is 39.0. The van der Waals surface area contributed by atoms with Crippen LogP contribution in [0.4, 0.5) is 0 Å². The maximum absolute atomic E-state index is 12.9. The van der Waals surface area contributed by atoms with E-state index in [9.17, 15) is 13.2 Å². The fourth-order valence-corrected chi connectivity index (χ4v) is 4.46. The Hall–Kier alpha value is -3.69. The molecule has 178 valence electrons. The maximum atomic E-state index is 12.9. The quantitative estimate of drug-likeness (QED) is 0.340. The van der Waals surface area contributed by atoms with E-state index in [1.165, 1.54) is 25.5 Å². The Kier molecular flexibility index (Phi) is 8.39. The van der Waals surface area contributed by atoms with Gasteiger partial charge in [-0.1, -0.05) is 48.0 Å². The number of sulfonamides is 1. The van der Waals surface area contributed by atoms with E-state index in [4.69, 9.17) is 9.47 Å². The molecule has 0 saturated carbocycles. The van der Waals surface area contributed by atoms with Crippen molar-refractivity contribution in [3.05, 3.63) is 89.5 Å². The van der Waals surface area contributed by atoms with Gasteiger partial charge in [-0.05, 0) is 42.8 Å². The molecule has 0 bridgehead atoms. The number of aryl methyl sites for hydroxylation is 1. The summed E-state index contributed by atoms with van der Waals surface area (Å²) in [5, 5.41) is 4.00. The summed E-state index contributed by atoms with van der Waals surface area (Å²) in [5.41, 5.74) is 4.67. The lowest BCUT2D eigenvalue weighted by Crippen LogP contribution is -2.32. The summed E-state index contributed by atoms with van der Waals surface area (Å²) >= 11 is 0. The molecule has 0 aromatic heterocycles. The van der Waals surface area contributed by atoms with Crippen LogP contribution in [0.2, 0.25) is 0 Å². The molecule has 1 atom stereocenters. The first-order valence-electron chi connectivity index (χ1n) is 10.5. The van der Waals surface area contributed by atoms with Crippen LogP contribution in [0.15, 0.2) is 82.8 Å². The van der Waals surface area contributed by atoms with Crippen LogP contribution in [0.25, 0.3) is 0 Å². The smallest absolute Gasteiger partial charge is 0.242 e. The van der Waals surface area contributed by atoms with Crippen molar-refractivity contribution in [3.63, 3.8) is 0 Å². The number of carbonyl (C=O) groups is 1. The van der Waals surface area contributed by atoms with Gasteiger partial charge in [-0.2, -0.15) is 5.10 Å². The van der Waals surface area contributed by atoms with Gasteiger partial charge < -0.3 is 9.47 Å². The van der Waals surface area contributed by atoms with E-state index in [1.54, 1.807) is 61.7 Å². The number of methoxy groups -OCH3 is 2. The topological polar surface area (TPSA) is 106 Å². The van der Waals surface area contributed by atoms with Gasteiger partial charge in [-0.15, -0.1) is 0 Å². The molecule has 0 radical (unpaired) electrons. The minimum Gasteiger partial charge on any atom is -0.497 e. The van der Waals surface area contributed by atoms with Crippen molar-refractivity contribution in [2.24, 2.45) is 5.10 Å². The van der Waals surface area contributed by atoms with Crippen molar-refractivity contribution in [1.29, 1.82) is 0 Å². The zero-order valence-corrected chi connectivity index (χ0v) is 20.0. The highest BCUT2D eigenvalue weighted by molar-refractivity contribution is 7.89. The fourth-order valence-electron chi connectivity index (χ4n) is 3.23. The van der Waals surface area contributed by atoms with Crippen LogP contribution >= 0.6 is 0 Å². The van der Waals surface area contributed by atoms with Gasteiger partial charge in [0.25, 0.3) is 0 Å². The molecule has 0 heterocycles. The van der Waals surface area contributed by atoms with Crippen molar-refractivity contribution in [1.82, 2.24) is 10.1 Å². The van der Waals surface area contributed by atoms with Crippen LogP contribution in [-0.4, -0.2) is 34.8 Å². The van der Waals surface area contributed by atoms with E-state index in [2.05, 4.69) is 15.2 Å². The summed E-state index contributed by atoms with van der Waals surface area (Å²) in [5.74, 6) is 0.716. The number of ether oxygens (including phenoxy) is 2. The average Bonchev–Trinajstić information content (AvgIpc) is 2.84. The Balaban J connectivity index is 1.75. The van der Waals surface area contributed by atoms with Gasteiger partial charge in [0.05, 0.1) is 31.4 Å². The number of amides is 1. The number of nitrogens with zero attached hydrogens (tertiary/aromatic N) is 1. The van der Waals surface area contributed by atoms with Gasteiger partial charge in [0.1, 0.15) is 11.5 Å². The van der Waals surface area contributed by atoms with Gasteiger partial charge in [-0.3, -0.25) is 4.79 Å². The molecule has 0 aliphatic rings. The SMILES string of the molecule is COc1ccc(OC)c(/C=N\NC(=O)C[C@@H](NS(=O)(=O)c2ccc(C)cc2)c2ccccc2)c1. The molecule has 0 unspecified atom stereocenters. The second-order valence-corrected chi connectivity index (χ2v) is 9.22. The number of hydrogen-bond donors (Lipinski definition) is 2. The van der Waals surface area contributed by atoms with E-state index in [0.717, 1.165) is 5.56 Å². The van der Waals surface area contributed by atoms with Gasteiger partial charge >= 0.3 is 0 Å². The summed E-state index contributed by atoms with van der Waals surface area (Å²) in [4.78, 5) is 12.8. The monoisotopic (exact) mass is 481 g/mol. The highest BCUT2D eigenvalue weighted by atomic mass is 32.2. The number of hydrogen-bond acceptors (Lipinski definition) is 6. The number of rotatable bonds is 10. The van der Waals surface area contributed by atoms with E-state index >= 15 is 0 Å². The normalized spacial score (nSPS) is 12.3. The third-order valence-corrected chi connectivity index (χ3v) is 6.54. The predicted molar refractivity (Wildman–Crippen MR) is 131 cm³/mol. The molecule has 34 heavy (non-hydrogen) atoms. The number of nitrogens with one attached hydrogen (secondary N) is 2. The largest absolute Gasteiger partial charge is 0.497 e. The molecule has 3 rings (SSSR count). The van der Waals surface area contributed by atoms with E-state index < -0.39 is 22.0 Å². The highest BCUT2D eigenvalue weighted by Crippen LogP contribution is 2.23. The maximum Gasteiger partial charge on any atom is 0.242 e. The Bertz CT molecular complexity index is 1240. The Morgan fingerprint density at radius 1 is 1.00 bits per heavy atom. The molecular formula is C25H27N3O5S. The molecule has 8 nitrogen and oxygen atoms in total. The molecule has 0 saturated heterocycles. The van der Waals surface area contributed by atoms with Crippen LogP contribution in [0.1, 0.15) is 29.2 Å². The summed E-state index contributed by atoms with van der Waals surface area (Å²) in [7, 11) is -0.771. The number of carbonyl (C=O) groups excluding carboxylic acids is 1. The van der Waals surface area contributed by atoms with Crippen molar-refractivity contribution in [3.8, 4) is 11.5 Å². The lowest BCUT2D eigenvalue weighted by atomic mass is 10.0. The molecule has 0 spiro atoms. The van der Waals surface area contributed by atoms with E-state index in [0.29, 0.717) is 22.6 Å². The lowest BCUT2D eigenvalue weighted by Gasteiger charge is -2.18. The molecule has 9 heteroatoms. The number of benzene rings is 3. The van der Waals surface area contributed by atoms with Gasteiger partial charge in [0.2, 0.25) is 15.9 Å². The molecule has 1 amide bonds. The average molecular weight is 482 g/mol. The molecule has 0 aliphatic carbocycles. The Morgan fingerprint density at radius 2 is 1.71 bits per heavy atom. The van der Waals surface area contributed by atoms with Crippen LogP contribution in [-0.2, 0) is 14.8 Å². The molecule has 3 aromatic carbocycles. The summed E-state index contributed by atoms with van der Waals surface area (Å²) in [6.45, 7) is 1.88. The van der Waals surface area contributed by atoms with Gasteiger partial charge in [-0.25, -0.2) is 18.6 Å². The third kappa shape index (κ3) is 6.66. The zero-order chi connectivity index (χ0) is 24.6. The second kappa shape index (κ2) is 11.4. The van der Waals surface area contributed by atoms with Crippen LogP contribution in [0.5, 0.6) is 11.5 Å². The third-order valence-electron chi connectivity index (χ3n) is 5.05. The van der Waals surface area contributed by atoms with Crippen molar-refractivity contribution in [2.45, 2.75) is 24.3 Å². The standard InChI is InChI=1S/C25H27N3O5S/c1-18-9-12-22(13-10-18)34(30,31)28-23(19-7-5-4-6-8-19)16-25(29)27-26-17-20-15-21(32-2)11-14-24(20)33-3/h4-15,17,23,28H,16H2,1-3H3,(H,27,29)/b26-17-/t23-/m1/s1. The van der Waals surface area contributed by atoms with Crippen molar-refractivity contribution in [2.75, 3.05) is 14.2 Å². The first-order valence-corrected chi connectivity index (χ1v) is 12.0. The first-order chi connectivity index (χ1) is 16.3. The van der Waals surface area contributed by atoms with Crippen LogP contribution < -0.4 is 19.6 Å². The second-order valence-electron chi connectivity index (χ2n) is 7.50.